The van der Waals surface area contributed by atoms with Gasteiger partial charge in [-0.1, -0.05) is 0 Å². The van der Waals surface area contributed by atoms with Gasteiger partial charge in [0.2, 0.25) is 0 Å². The van der Waals surface area contributed by atoms with Gasteiger partial charge >= 0.3 is 11.8 Å². The third-order valence-corrected chi connectivity index (χ3v) is 1.18. The minimum Gasteiger partial charge on any atom is -0.342 e. The van der Waals surface area contributed by atoms with Gasteiger partial charge in [-0.15, -0.1) is 0 Å². The number of hydrogen-bond acceptors (Lipinski definition) is 8. The minimum atomic E-state index is -3.16. The van der Waals surface area contributed by atoms with Crippen LogP contribution in [0.4, 0.5) is 0 Å². The van der Waals surface area contributed by atoms with E-state index in [9.17, 15) is 9.59 Å². The lowest BCUT2D eigenvalue weighted by Gasteiger charge is -2.16. The molecule has 10 heteroatoms. The molecule has 0 bridgehead atoms. The van der Waals surface area contributed by atoms with E-state index in [1.54, 1.807) is 10.6 Å². The summed E-state index contributed by atoms with van der Waals surface area (Å²) in [4.78, 5) is 21.6. The van der Waals surface area contributed by atoms with Crippen molar-refractivity contribution in [2.75, 3.05) is 13.1 Å². The summed E-state index contributed by atoms with van der Waals surface area (Å²) < 4.78 is 0. The smallest absolute Gasteiger partial charge is 0.309 e. The molecule has 0 radical (unpaired) electrons. The maximum Gasteiger partial charge on any atom is 0.309 e. The SMILES string of the molecule is O=C(NCC(O)(O)O)C(=O)NCC(O)(O)O. The first-order chi connectivity index (χ1) is 7.01. The third-order valence-electron chi connectivity index (χ3n) is 1.18. The van der Waals surface area contributed by atoms with Gasteiger partial charge in [-0.2, -0.15) is 0 Å². The van der Waals surface area contributed by atoms with Crippen molar-refractivity contribution in [3.8, 4) is 0 Å². The number of carbonyl (C=O) groups is 2. The molecule has 0 fully saturated rings. The minimum absolute atomic E-state index is 1.03. The Kier molecular flexibility index (Phi) is 4.74. The van der Waals surface area contributed by atoms with Crippen molar-refractivity contribution in [2.45, 2.75) is 11.9 Å². The summed E-state index contributed by atoms with van der Waals surface area (Å²) >= 11 is 0. The monoisotopic (exact) mass is 240 g/mol. The Morgan fingerprint density at radius 1 is 0.750 bits per heavy atom. The van der Waals surface area contributed by atoms with Crippen molar-refractivity contribution < 1.29 is 40.2 Å². The second kappa shape index (κ2) is 5.16. The van der Waals surface area contributed by atoms with E-state index in [0.29, 0.717) is 0 Å². The molecule has 0 heterocycles. The van der Waals surface area contributed by atoms with Crippen LogP contribution in [0.5, 0.6) is 0 Å². The van der Waals surface area contributed by atoms with E-state index in [1.807, 2.05) is 0 Å². The highest BCUT2D eigenvalue weighted by atomic mass is 16.7. The second-order valence-corrected chi connectivity index (χ2v) is 2.91. The molecule has 0 saturated heterocycles. The highest BCUT2D eigenvalue weighted by molar-refractivity contribution is 6.35. The molecule has 0 aliphatic heterocycles. The Morgan fingerprint density at radius 2 is 1.00 bits per heavy atom. The Balaban J connectivity index is 3.97. The molecule has 10 nitrogen and oxygen atoms in total. The lowest BCUT2D eigenvalue weighted by molar-refractivity contribution is -0.307. The maximum atomic E-state index is 10.8. The molecule has 0 saturated carbocycles. The molecular formula is C6H12N2O8. The zero-order valence-electron chi connectivity index (χ0n) is 7.91. The number of hydrogen-bond donors (Lipinski definition) is 8. The predicted molar refractivity (Wildman–Crippen MR) is 44.8 cm³/mol. The Labute approximate surface area is 88.8 Å². The second-order valence-electron chi connectivity index (χ2n) is 2.91. The Hall–Kier alpha value is -1.30. The summed E-state index contributed by atoms with van der Waals surface area (Å²) in [5, 5.41) is 53.3. The quantitative estimate of drug-likeness (QED) is 0.177. The van der Waals surface area contributed by atoms with Crippen molar-refractivity contribution in [1.29, 1.82) is 0 Å². The van der Waals surface area contributed by atoms with Gasteiger partial charge in [-0.25, -0.2) is 0 Å². The molecule has 0 aromatic heterocycles. The van der Waals surface area contributed by atoms with Gasteiger partial charge in [0, 0.05) is 0 Å². The average Bonchev–Trinajstić information content (AvgIpc) is 2.07. The molecule has 94 valence electrons. The molecular weight excluding hydrogens is 228 g/mol. The van der Waals surface area contributed by atoms with Crippen molar-refractivity contribution in [2.24, 2.45) is 0 Å². The van der Waals surface area contributed by atoms with Gasteiger partial charge in [-0.3, -0.25) is 9.59 Å². The number of aliphatic hydroxyl groups is 6. The van der Waals surface area contributed by atoms with Crippen LogP contribution < -0.4 is 10.6 Å². The molecule has 0 aliphatic rings. The van der Waals surface area contributed by atoms with Crippen LogP contribution in [-0.4, -0.2) is 67.5 Å². The van der Waals surface area contributed by atoms with E-state index in [1.165, 1.54) is 0 Å². The van der Waals surface area contributed by atoms with Gasteiger partial charge in [0.15, 0.2) is 0 Å². The van der Waals surface area contributed by atoms with Crippen molar-refractivity contribution in [1.82, 2.24) is 10.6 Å². The molecule has 0 unspecified atom stereocenters. The topological polar surface area (TPSA) is 180 Å². The van der Waals surface area contributed by atoms with Gasteiger partial charge in [0.1, 0.15) is 0 Å². The average molecular weight is 240 g/mol. The molecule has 0 aliphatic carbocycles. The summed E-state index contributed by atoms with van der Waals surface area (Å²) in [5.74, 6) is -9.06. The summed E-state index contributed by atoms with van der Waals surface area (Å²) in [6.45, 7) is -2.05. The fourth-order valence-corrected chi connectivity index (χ4v) is 0.558. The number of nitrogens with one attached hydrogen (secondary N) is 2. The standard InChI is InChI=1S/C6H12N2O8/c9-3(7-1-5(11,12)13)4(10)8-2-6(14,15)16/h11-16H,1-2H2,(H,7,9)(H,8,10). The lowest BCUT2D eigenvalue weighted by atomic mass is 10.4. The van der Waals surface area contributed by atoms with Crippen molar-refractivity contribution >= 4 is 11.8 Å². The Morgan fingerprint density at radius 3 is 1.19 bits per heavy atom. The Bertz CT molecular complexity index is 237. The van der Waals surface area contributed by atoms with E-state index in [4.69, 9.17) is 30.6 Å². The number of carbonyl (C=O) groups excluding carboxylic acids is 2. The third kappa shape index (κ3) is 8.05. The van der Waals surface area contributed by atoms with E-state index in [2.05, 4.69) is 0 Å². The summed E-state index contributed by atoms with van der Waals surface area (Å²) in [6, 6.07) is 0. The fourth-order valence-electron chi connectivity index (χ4n) is 0.558. The summed E-state index contributed by atoms with van der Waals surface area (Å²) in [5.41, 5.74) is 0. The summed E-state index contributed by atoms with van der Waals surface area (Å²) in [7, 11) is 0. The van der Waals surface area contributed by atoms with Crippen LogP contribution in [0, 0.1) is 0 Å². The first-order valence-electron chi connectivity index (χ1n) is 3.91. The van der Waals surface area contributed by atoms with Gasteiger partial charge in [0.05, 0.1) is 13.1 Å². The van der Waals surface area contributed by atoms with E-state index in [0.717, 1.165) is 0 Å². The molecule has 0 aromatic rings. The first kappa shape index (κ1) is 14.7. The normalized spacial score (nSPS) is 12.1. The highest BCUT2D eigenvalue weighted by Gasteiger charge is 2.24. The van der Waals surface area contributed by atoms with Crippen LogP contribution in [0.1, 0.15) is 0 Å². The number of rotatable bonds is 4. The largest absolute Gasteiger partial charge is 0.342 e. The maximum absolute atomic E-state index is 10.8. The highest BCUT2D eigenvalue weighted by Crippen LogP contribution is 1.89. The van der Waals surface area contributed by atoms with Crippen molar-refractivity contribution in [3.05, 3.63) is 0 Å². The molecule has 2 amide bonds. The zero-order chi connectivity index (χ0) is 13.0. The lowest BCUT2D eigenvalue weighted by Crippen LogP contribution is -2.50. The van der Waals surface area contributed by atoms with E-state index in [-0.39, 0.29) is 0 Å². The fraction of sp³-hybridized carbons (Fsp3) is 0.667. The van der Waals surface area contributed by atoms with Crippen LogP contribution >= 0.6 is 0 Å². The van der Waals surface area contributed by atoms with Crippen LogP contribution in [-0.2, 0) is 9.59 Å². The zero-order valence-corrected chi connectivity index (χ0v) is 7.91. The van der Waals surface area contributed by atoms with Gasteiger partial charge < -0.3 is 41.3 Å². The first-order valence-corrected chi connectivity index (χ1v) is 3.91. The molecule has 8 N–H and O–H groups in total. The molecule has 16 heavy (non-hydrogen) atoms. The summed E-state index contributed by atoms with van der Waals surface area (Å²) in [6.07, 6.45) is 0. The van der Waals surface area contributed by atoms with Crippen LogP contribution in [0.3, 0.4) is 0 Å². The van der Waals surface area contributed by atoms with Crippen LogP contribution in [0.2, 0.25) is 0 Å². The van der Waals surface area contributed by atoms with Crippen LogP contribution in [0.15, 0.2) is 0 Å². The number of amides is 2. The van der Waals surface area contributed by atoms with Crippen LogP contribution in [0.25, 0.3) is 0 Å². The van der Waals surface area contributed by atoms with Gasteiger partial charge in [-0.05, 0) is 0 Å². The van der Waals surface area contributed by atoms with Gasteiger partial charge in [0.25, 0.3) is 11.9 Å². The molecule has 0 spiro atoms. The molecule has 0 aromatic carbocycles. The molecule has 0 atom stereocenters. The molecule has 0 rings (SSSR count). The van der Waals surface area contributed by atoms with E-state index >= 15 is 0 Å². The van der Waals surface area contributed by atoms with E-state index < -0.39 is 36.9 Å². The predicted octanol–water partition coefficient (Wildman–Crippen LogP) is -5.52. The van der Waals surface area contributed by atoms with Crippen molar-refractivity contribution in [3.63, 3.8) is 0 Å².